The molecular weight excluding hydrogens is 559 g/mol. The van der Waals surface area contributed by atoms with Crippen LogP contribution in [0.15, 0.2) is 66.7 Å². The van der Waals surface area contributed by atoms with E-state index in [1.54, 1.807) is 12.1 Å². The number of benzene rings is 3. The molecule has 3 aromatic rings. The molecule has 0 saturated heterocycles. The van der Waals surface area contributed by atoms with E-state index in [1.165, 1.54) is 17.2 Å². The minimum absolute atomic E-state index is 0.00684. The van der Waals surface area contributed by atoms with Crippen LogP contribution >= 0.6 is 22.6 Å². The number of carbonyl (C=O) groups is 3. The van der Waals surface area contributed by atoms with Crippen molar-refractivity contribution in [2.24, 2.45) is 11.8 Å². The predicted molar refractivity (Wildman–Crippen MR) is 139 cm³/mol. The average Bonchev–Trinajstić information content (AvgIpc) is 3.57. The van der Waals surface area contributed by atoms with E-state index in [0.717, 1.165) is 14.7 Å². The number of aromatic carboxylic acids is 1. The van der Waals surface area contributed by atoms with Crippen molar-refractivity contribution in [1.29, 1.82) is 0 Å². The molecule has 2 aliphatic carbocycles. The van der Waals surface area contributed by atoms with Crippen LogP contribution in [-0.2, 0) is 9.53 Å². The molecule has 0 spiro atoms. The first kappa shape index (κ1) is 23.3. The van der Waals surface area contributed by atoms with Crippen LogP contribution in [-0.4, -0.2) is 36.2 Å². The lowest BCUT2D eigenvalue weighted by Crippen LogP contribution is -2.29. The van der Waals surface area contributed by atoms with E-state index >= 15 is 0 Å². The molecule has 0 aromatic heterocycles. The molecule has 2 amide bonds. The molecule has 0 bridgehead atoms. The van der Waals surface area contributed by atoms with Crippen molar-refractivity contribution in [2.75, 3.05) is 18.5 Å². The van der Waals surface area contributed by atoms with Gasteiger partial charge in [-0.25, -0.2) is 9.59 Å². The maximum Gasteiger partial charge on any atom is 0.407 e. The monoisotopic (exact) mass is 582 g/mol. The van der Waals surface area contributed by atoms with Gasteiger partial charge in [0.05, 0.1) is 11.3 Å². The summed E-state index contributed by atoms with van der Waals surface area (Å²) in [6.45, 7) is 0.562. The van der Waals surface area contributed by atoms with E-state index in [-0.39, 0.29) is 41.5 Å². The minimum Gasteiger partial charge on any atom is -0.478 e. The Morgan fingerprint density at radius 3 is 2.29 bits per heavy atom. The maximum absolute atomic E-state index is 12.6. The number of ether oxygens (including phenoxy) is 1. The van der Waals surface area contributed by atoms with E-state index < -0.39 is 12.1 Å². The second-order valence-electron chi connectivity index (χ2n) is 8.79. The molecule has 5 rings (SSSR count). The smallest absolute Gasteiger partial charge is 0.407 e. The van der Waals surface area contributed by atoms with Crippen LogP contribution in [0.4, 0.5) is 10.5 Å². The van der Waals surface area contributed by atoms with Crippen molar-refractivity contribution in [3.05, 3.63) is 87.0 Å². The molecule has 7 nitrogen and oxygen atoms in total. The van der Waals surface area contributed by atoms with E-state index in [9.17, 15) is 19.5 Å². The van der Waals surface area contributed by atoms with Crippen LogP contribution in [0.5, 0.6) is 0 Å². The zero-order valence-electron chi connectivity index (χ0n) is 18.7. The van der Waals surface area contributed by atoms with Crippen molar-refractivity contribution in [3.63, 3.8) is 0 Å². The number of rotatable bonds is 7. The molecule has 178 valence electrons. The number of halogens is 1. The number of alkyl carbamates (subject to hydrolysis) is 1. The third-order valence-electron chi connectivity index (χ3n) is 6.58. The molecule has 0 heterocycles. The van der Waals surface area contributed by atoms with Gasteiger partial charge in [-0.15, -0.1) is 0 Å². The van der Waals surface area contributed by atoms with Gasteiger partial charge in [-0.3, -0.25) is 4.79 Å². The predicted octanol–water partition coefficient (Wildman–Crippen LogP) is 5.10. The summed E-state index contributed by atoms with van der Waals surface area (Å²) in [5.74, 6) is -1.63. The first-order chi connectivity index (χ1) is 16.9. The fourth-order valence-corrected chi connectivity index (χ4v) is 5.18. The van der Waals surface area contributed by atoms with E-state index in [1.807, 2.05) is 46.9 Å². The summed E-state index contributed by atoms with van der Waals surface area (Å²) in [5.41, 5.74) is 4.97. The van der Waals surface area contributed by atoms with E-state index in [4.69, 9.17) is 4.74 Å². The number of amides is 2. The first-order valence-electron chi connectivity index (χ1n) is 11.3. The molecule has 8 heteroatoms. The van der Waals surface area contributed by atoms with Gasteiger partial charge in [0, 0.05) is 22.0 Å². The van der Waals surface area contributed by atoms with Gasteiger partial charge in [-0.05, 0) is 75.4 Å². The summed E-state index contributed by atoms with van der Waals surface area (Å²) in [5, 5.41) is 14.9. The van der Waals surface area contributed by atoms with Crippen LogP contribution in [0.2, 0.25) is 0 Å². The number of hydrogen-bond donors (Lipinski definition) is 3. The number of carboxylic acids is 1. The Kier molecular flexibility index (Phi) is 6.46. The lowest BCUT2D eigenvalue weighted by atomic mass is 9.98. The Labute approximate surface area is 216 Å². The lowest BCUT2D eigenvalue weighted by molar-refractivity contribution is -0.117. The quantitative estimate of drug-likeness (QED) is 0.337. The van der Waals surface area contributed by atoms with Crippen LogP contribution in [0.3, 0.4) is 0 Å². The highest BCUT2D eigenvalue weighted by Crippen LogP contribution is 2.44. The SMILES string of the molecule is O=C(NCC1CC1C(=O)Nc1ccc(I)cc1C(=O)O)OCC1c2ccccc2-c2ccccc21. The van der Waals surface area contributed by atoms with Crippen LogP contribution in [0, 0.1) is 15.4 Å². The third-order valence-corrected chi connectivity index (χ3v) is 7.25. The number of anilines is 1. The molecule has 1 fully saturated rings. The van der Waals surface area contributed by atoms with Crippen LogP contribution < -0.4 is 10.6 Å². The number of nitrogens with one attached hydrogen (secondary N) is 2. The number of hydrogen-bond acceptors (Lipinski definition) is 4. The number of carboxylic acid groups (broad SMARTS) is 1. The highest BCUT2D eigenvalue weighted by Gasteiger charge is 2.43. The van der Waals surface area contributed by atoms with Gasteiger partial charge in [0.15, 0.2) is 0 Å². The van der Waals surface area contributed by atoms with Crippen molar-refractivity contribution in [3.8, 4) is 11.1 Å². The third kappa shape index (κ3) is 4.88. The van der Waals surface area contributed by atoms with Gasteiger partial charge in [-0.2, -0.15) is 0 Å². The topological polar surface area (TPSA) is 105 Å². The van der Waals surface area contributed by atoms with Gasteiger partial charge >= 0.3 is 12.1 Å². The zero-order valence-corrected chi connectivity index (χ0v) is 20.8. The molecule has 2 atom stereocenters. The highest BCUT2D eigenvalue weighted by atomic mass is 127. The molecule has 35 heavy (non-hydrogen) atoms. The fraction of sp³-hybridized carbons (Fsp3) is 0.222. The van der Waals surface area contributed by atoms with E-state index in [2.05, 4.69) is 34.9 Å². The summed E-state index contributed by atoms with van der Waals surface area (Å²) in [4.78, 5) is 36.4. The lowest BCUT2D eigenvalue weighted by Gasteiger charge is -2.14. The van der Waals surface area contributed by atoms with Gasteiger partial charge in [0.1, 0.15) is 6.61 Å². The molecule has 0 aliphatic heterocycles. The minimum atomic E-state index is -1.09. The Balaban J connectivity index is 1.12. The largest absolute Gasteiger partial charge is 0.478 e. The standard InChI is InChI=1S/C27H23IN2O5/c28-16-9-10-24(22(12-16)26(32)33)30-25(31)21-11-15(21)13-29-27(34)35-14-23-19-7-3-1-5-17(19)18-6-2-4-8-20(18)23/h1-10,12,15,21,23H,11,13-14H2,(H,29,34)(H,30,31)(H,32,33). The Morgan fingerprint density at radius 1 is 0.971 bits per heavy atom. The van der Waals surface area contributed by atoms with E-state index in [0.29, 0.717) is 13.0 Å². The van der Waals surface area contributed by atoms with Gasteiger partial charge in [0.2, 0.25) is 5.91 Å². The van der Waals surface area contributed by atoms with Gasteiger partial charge < -0.3 is 20.5 Å². The highest BCUT2D eigenvalue weighted by molar-refractivity contribution is 14.1. The second kappa shape index (κ2) is 9.69. The maximum atomic E-state index is 12.6. The molecule has 3 aromatic carbocycles. The summed E-state index contributed by atoms with van der Waals surface area (Å²) in [6.07, 6.45) is 0.117. The fourth-order valence-electron chi connectivity index (χ4n) is 4.69. The normalized spacial score (nSPS) is 17.7. The molecule has 3 N–H and O–H groups in total. The van der Waals surface area contributed by atoms with Gasteiger partial charge in [0.25, 0.3) is 0 Å². The van der Waals surface area contributed by atoms with Gasteiger partial charge in [-0.1, -0.05) is 48.5 Å². The molecule has 2 unspecified atom stereocenters. The average molecular weight is 582 g/mol. The molecule has 0 radical (unpaired) electrons. The molecule has 1 saturated carbocycles. The second-order valence-corrected chi connectivity index (χ2v) is 10.0. The summed E-state index contributed by atoms with van der Waals surface area (Å²) < 4.78 is 6.32. The number of carbonyl (C=O) groups excluding carboxylic acids is 2. The van der Waals surface area contributed by atoms with Crippen molar-refractivity contribution < 1.29 is 24.2 Å². The van der Waals surface area contributed by atoms with Crippen molar-refractivity contribution in [1.82, 2.24) is 5.32 Å². The van der Waals surface area contributed by atoms with Crippen LogP contribution in [0.25, 0.3) is 11.1 Å². The Hall–Kier alpha value is -3.40. The molecule has 2 aliphatic rings. The molecular formula is C27H23IN2O5. The first-order valence-corrected chi connectivity index (χ1v) is 12.4. The summed E-state index contributed by atoms with van der Waals surface area (Å²) in [6, 6.07) is 21.2. The summed E-state index contributed by atoms with van der Waals surface area (Å²) >= 11 is 2.03. The Bertz CT molecular complexity index is 1280. The zero-order chi connectivity index (χ0) is 24.5. The van der Waals surface area contributed by atoms with Crippen molar-refractivity contribution >= 4 is 46.2 Å². The number of fused-ring (bicyclic) bond motifs is 3. The summed E-state index contributed by atoms with van der Waals surface area (Å²) in [7, 11) is 0. The Morgan fingerprint density at radius 2 is 1.63 bits per heavy atom. The van der Waals surface area contributed by atoms with Crippen LogP contribution in [0.1, 0.15) is 33.8 Å². The van der Waals surface area contributed by atoms with Crippen molar-refractivity contribution in [2.45, 2.75) is 12.3 Å².